The average Bonchev–Trinajstić information content (AvgIpc) is 2.97. The zero-order valence-corrected chi connectivity index (χ0v) is 22.1. The van der Waals surface area contributed by atoms with E-state index in [4.69, 9.17) is 14.2 Å². The van der Waals surface area contributed by atoms with Crippen molar-refractivity contribution in [1.29, 1.82) is 0 Å². The van der Waals surface area contributed by atoms with Gasteiger partial charge in [-0.1, -0.05) is 44.5 Å². The lowest BCUT2D eigenvalue weighted by Crippen LogP contribution is -2.10. The molecule has 0 aliphatic heterocycles. The van der Waals surface area contributed by atoms with Crippen LogP contribution in [0.25, 0.3) is 22.3 Å². The molecule has 0 heterocycles. The van der Waals surface area contributed by atoms with Crippen molar-refractivity contribution in [1.82, 2.24) is 0 Å². The van der Waals surface area contributed by atoms with Gasteiger partial charge in [-0.05, 0) is 72.5 Å². The predicted octanol–water partition coefficient (Wildman–Crippen LogP) is 8.76. The summed E-state index contributed by atoms with van der Waals surface area (Å²) < 4.78 is 74.7. The van der Waals surface area contributed by atoms with E-state index in [1.165, 1.54) is 48.5 Å². The van der Waals surface area contributed by atoms with Gasteiger partial charge >= 0.3 is 5.97 Å². The van der Waals surface area contributed by atoms with Crippen molar-refractivity contribution in [3.8, 4) is 39.5 Å². The highest BCUT2D eigenvalue weighted by Crippen LogP contribution is 2.32. The zero-order valence-electron chi connectivity index (χ0n) is 22.1. The number of rotatable bonds is 11. The number of ether oxygens (including phenoxy) is 3. The standard InChI is InChI=1S/C32H28F4O4/c1-3-5-19-39-26-16-14-24(28(33)30(26)35)20-6-8-22(9-7-20)32(37)40-27-17-15-25(29(34)31(27)36)21-10-12-23(13-11-21)38-18-4-2/h6-17H,3-5,18-19H2,1-2H3. The molecule has 0 N–H and O–H groups in total. The maximum absolute atomic E-state index is 14.9. The Hall–Kier alpha value is -4.33. The molecule has 0 aromatic heterocycles. The van der Waals surface area contributed by atoms with Crippen LogP contribution in [0.15, 0.2) is 72.8 Å². The monoisotopic (exact) mass is 552 g/mol. The molecule has 4 aromatic carbocycles. The normalized spacial score (nSPS) is 10.8. The topological polar surface area (TPSA) is 44.8 Å². The lowest BCUT2D eigenvalue weighted by atomic mass is 10.0. The van der Waals surface area contributed by atoms with Crippen molar-refractivity contribution in [2.75, 3.05) is 13.2 Å². The number of hydrogen-bond acceptors (Lipinski definition) is 4. The Kier molecular flexibility index (Phi) is 9.43. The molecule has 0 saturated heterocycles. The van der Waals surface area contributed by atoms with Crippen molar-refractivity contribution in [2.24, 2.45) is 0 Å². The molecule has 4 aromatic rings. The molecule has 0 spiro atoms. The molecule has 0 aliphatic carbocycles. The van der Waals surface area contributed by atoms with E-state index in [-0.39, 0.29) is 29.0 Å². The number of benzene rings is 4. The summed E-state index contributed by atoms with van der Waals surface area (Å²) in [6.07, 6.45) is 2.41. The molecule has 208 valence electrons. The number of carbonyl (C=O) groups excluding carboxylic acids is 1. The lowest BCUT2D eigenvalue weighted by Gasteiger charge is -2.11. The fourth-order valence-electron chi connectivity index (χ4n) is 3.92. The van der Waals surface area contributed by atoms with Crippen LogP contribution in [0, 0.1) is 23.3 Å². The highest BCUT2D eigenvalue weighted by molar-refractivity contribution is 5.91. The van der Waals surface area contributed by atoms with E-state index in [0.717, 1.165) is 12.8 Å². The molecule has 0 unspecified atom stereocenters. The van der Waals surface area contributed by atoms with Crippen molar-refractivity contribution in [2.45, 2.75) is 33.1 Å². The molecule has 0 atom stereocenters. The third-order valence-electron chi connectivity index (χ3n) is 6.12. The van der Waals surface area contributed by atoms with Crippen molar-refractivity contribution in [3.63, 3.8) is 0 Å². The minimum atomic E-state index is -1.31. The average molecular weight is 553 g/mol. The van der Waals surface area contributed by atoms with Crippen LogP contribution in [-0.4, -0.2) is 19.2 Å². The largest absolute Gasteiger partial charge is 0.494 e. The first kappa shape index (κ1) is 28.7. The number of carbonyl (C=O) groups is 1. The van der Waals surface area contributed by atoms with Crippen LogP contribution in [0.3, 0.4) is 0 Å². The van der Waals surface area contributed by atoms with Gasteiger partial charge in [-0.3, -0.25) is 0 Å². The Balaban J connectivity index is 1.47. The summed E-state index contributed by atoms with van der Waals surface area (Å²) in [5.74, 6) is -5.73. The summed E-state index contributed by atoms with van der Waals surface area (Å²) in [5.41, 5.74) is 0.725. The van der Waals surface area contributed by atoms with Crippen LogP contribution < -0.4 is 14.2 Å². The first-order valence-electron chi connectivity index (χ1n) is 13.0. The van der Waals surface area contributed by atoms with E-state index in [0.29, 0.717) is 29.9 Å². The highest BCUT2D eigenvalue weighted by atomic mass is 19.2. The van der Waals surface area contributed by atoms with Gasteiger partial charge in [-0.15, -0.1) is 0 Å². The van der Waals surface area contributed by atoms with Gasteiger partial charge in [0.25, 0.3) is 0 Å². The van der Waals surface area contributed by atoms with Gasteiger partial charge in [0, 0.05) is 11.1 Å². The summed E-state index contributed by atoms with van der Waals surface area (Å²) in [6.45, 7) is 4.75. The van der Waals surface area contributed by atoms with E-state index in [1.807, 2.05) is 13.8 Å². The van der Waals surface area contributed by atoms with Crippen molar-refractivity contribution in [3.05, 3.63) is 102 Å². The summed E-state index contributed by atoms with van der Waals surface area (Å²) in [7, 11) is 0. The number of unbranched alkanes of at least 4 members (excludes halogenated alkanes) is 1. The molecule has 0 fully saturated rings. The van der Waals surface area contributed by atoms with Crippen LogP contribution in [0.5, 0.6) is 17.2 Å². The molecular weight excluding hydrogens is 524 g/mol. The highest BCUT2D eigenvalue weighted by Gasteiger charge is 2.20. The predicted molar refractivity (Wildman–Crippen MR) is 145 cm³/mol. The summed E-state index contributed by atoms with van der Waals surface area (Å²) in [6, 6.07) is 17.2. The second-order valence-electron chi connectivity index (χ2n) is 9.02. The molecule has 0 amide bonds. The van der Waals surface area contributed by atoms with E-state index >= 15 is 0 Å². The van der Waals surface area contributed by atoms with Gasteiger partial charge in [0.05, 0.1) is 18.8 Å². The van der Waals surface area contributed by atoms with Gasteiger partial charge in [-0.25, -0.2) is 13.6 Å². The smallest absolute Gasteiger partial charge is 0.343 e. The second-order valence-corrected chi connectivity index (χ2v) is 9.02. The molecule has 0 bridgehead atoms. The van der Waals surface area contributed by atoms with Crippen LogP contribution in [-0.2, 0) is 0 Å². The summed E-state index contributed by atoms with van der Waals surface area (Å²) in [5, 5.41) is 0. The third-order valence-corrected chi connectivity index (χ3v) is 6.12. The minimum Gasteiger partial charge on any atom is -0.494 e. The second kappa shape index (κ2) is 13.2. The molecule has 0 aliphatic rings. The van der Waals surface area contributed by atoms with Crippen LogP contribution in [0.1, 0.15) is 43.5 Å². The van der Waals surface area contributed by atoms with E-state index in [9.17, 15) is 22.4 Å². The molecular formula is C32H28F4O4. The van der Waals surface area contributed by atoms with Crippen molar-refractivity contribution < 1.29 is 36.6 Å². The van der Waals surface area contributed by atoms with Gasteiger partial charge < -0.3 is 14.2 Å². The Morgan fingerprint density at radius 1 is 0.600 bits per heavy atom. The first-order chi connectivity index (χ1) is 19.3. The zero-order chi connectivity index (χ0) is 28.6. The fourth-order valence-corrected chi connectivity index (χ4v) is 3.92. The lowest BCUT2D eigenvalue weighted by molar-refractivity contribution is 0.0726. The Bertz CT molecular complexity index is 1470. The molecule has 0 radical (unpaired) electrons. The number of hydrogen-bond donors (Lipinski definition) is 0. The van der Waals surface area contributed by atoms with Gasteiger partial charge in [0.15, 0.2) is 23.1 Å². The summed E-state index contributed by atoms with van der Waals surface area (Å²) >= 11 is 0. The molecule has 4 nitrogen and oxygen atoms in total. The first-order valence-corrected chi connectivity index (χ1v) is 13.0. The SMILES string of the molecule is CCCCOc1ccc(-c2ccc(C(=O)Oc3ccc(-c4ccc(OCCC)cc4)c(F)c3F)cc2)c(F)c1F. The molecule has 40 heavy (non-hydrogen) atoms. The minimum absolute atomic E-state index is 0.000246. The number of halogens is 4. The van der Waals surface area contributed by atoms with Gasteiger partial charge in [0.2, 0.25) is 11.6 Å². The molecule has 0 saturated carbocycles. The molecule has 4 rings (SSSR count). The van der Waals surface area contributed by atoms with Crippen LogP contribution >= 0.6 is 0 Å². The van der Waals surface area contributed by atoms with E-state index < -0.39 is 35.0 Å². The number of esters is 1. The van der Waals surface area contributed by atoms with Crippen molar-refractivity contribution >= 4 is 5.97 Å². The Labute approximate surface area is 230 Å². The van der Waals surface area contributed by atoms with Crippen LogP contribution in [0.2, 0.25) is 0 Å². The van der Waals surface area contributed by atoms with Crippen LogP contribution in [0.4, 0.5) is 17.6 Å². The van der Waals surface area contributed by atoms with E-state index in [2.05, 4.69) is 0 Å². The molecule has 8 heteroatoms. The maximum atomic E-state index is 14.9. The van der Waals surface area contributed by atoms with Gasteiger partial charge in [-0.2, -0.15) is 8.78 Å². The fraction of sp³-hybridized carbons (Fsp3) is 0.219. The maximum Gasteiger partial charge on any atom is 0.343 e. The Morgan fingerprint density at radius 2 is 1.15 bits per heavy atom. The van der Waals surface area contributed by atoms with E-state index in [1.54, 1.807) is 24.3 Å². The summed E-state index contributed by atoms with van der Waals surface area (Å²) in [4.78, 5) is 12.6. The van der Waals surface area contributed by atoms with Gasteiger partial charge in [0.1, 0.15) is 5.75 Å². The third kappa shape index (κ3) is 6.45. The quantitative estimate of drug-likeness (QED) is 0.0808. The Morgan fingerprint density at radius 3 is 1.73 bits per heavy atom.